The van der Waals surface area contributed by atoms with E-state index in [4.69, 9.17) is 4.74 Å². The maximum absolute atomic E-state index is 13.3. The first-order chi connectivity index (χ1) is 12.8. The summed E-state index contributed by atoms with van der Waals surface area (Å²) in [6.07, 6.45) is -0.648. The summed E-state index contributed by atoms with van der Waals surface area (Å²) in [4.78, 5) is 25.7. The van der Waals surface area contributed by atoms with Crippen LogP contribution in [0.2, 0.25) is 0 Å². The summed E-state index contributed by atoms with van der Waals surface area (Å²) in [5, 5.41) is 9.33. The molecule has 27 heavy (non-hydrogen) atoms. The quantitative estimate of drug-likeness (QED) is 0.727. The topological polar surface area (TPSA) is 66.8 Å². The van der Waals surface area contributed by atoms with E-state index in [9.17, 15) is 19.1 Å². The second kappa shape index (κ2) is 7.68. The number of amides is 1. The summed E-state index contributed by atoms with van der Waals surface area (Å²) in [5.41, 5.74) is 0.130. The van der Waals surface area contributed by atoms with Gasteiger partial charge in [-0.05, 0) is 42.3 Å². The molecule has 1 heterocycles. The van der Waals surface area contributed by atoms with Crippen molar-refractivity contribution in [3.63, 3.8) is 0 Å². The van der Waals surface area contributed by atoms with E-state index in [1.807, 2.05) is 31.2 Å². The third-order valence-electron chi connectivity index (χ3n) is 4.90. The number of cyclic esters (lactones) is 1. The fourth-order valence-corrected chi connectivity index (χ4v) is 3.63. The summed E-state index contributed by atoms with van der Waals surface area (Å²) >= 11 is 3.38. The van der Waals surface area contributed by atoms with Gasteiger partial charge in [0.1, 0.15) is 5.82 Å². The molecule has 2 aromatic rings. The molecule has 0 aromatic heterocycles. The summed E-state index contributed by atoms with van der Waals surface area (Å²) in [5.74, 6) is -1.52. The van der Waals surface area contributed by atoms with Gasteiger partial charge < -0.3 is 14.7 Å². The maximum atomic E-state index is 13.3. The second-order valence-electron chi connectivity index (χ2n) is 6.61. The summed E-state index contributed by atoms with van der Waals surface area (Å²) in [7, 11) is 0. The van der Waals surface area contributed by atoms with Gasteiger partial charge in [0.05, 0.1) is 12.5 Å². The average Bonchev–Trinajstić information content (AvgIpc) is 2.62. The molecule has 2 atom stereocenters. The smallest absolute Gasteiger partial charge is 0.411 e. The van der Waals surface area contributed by atoms with Crippen LogP contribution in [-0.4, -0.2) is 28.6 Å². The van der Waals surface area contributed by atoms with Crippen molar-refractivity contribution in [2.24, 2.45) is 0 Å². The number of aliphatic carboxylic acids is 1. The van der Waals surface area contributed by atoms with Crippen molar-refractivity contribution in [2.45, 2.75) is 31.4 Å². The number of carbonyl (C=O) groups is 2. The van der Waals surface area contributed by atoms with Gasteiger partial charge in [-0.15, -0.1) is 0 Å². The first-order valence-electron chi connectivity index (χ1n) is 8.54. The molecule has 2 unspecified atom stereocenters. The van der Waals surface area contributed by atoms with Gasteiger partial charge in [-0.2, -0.15) is 0 Å². The Morgan fingerprint density at radius 2 is 1.89 bits per heavy atom. The van der Waals surface area contributed by atoms with E-state index in [0.717, 1.165) is 10.0 Å². The molecular formula is C20H19BrFNO4. The average molecular weight is 436 g/mol. The number of nitrogens with zero attached hydrogens (tertiary/aromatic N) is 1. The molecule has 0 bridgehead atoms. The highest BCUT2D eigenvalue weighted by atomic mass is 79.9. The lowest BCUT2D eigenvalue weighted by atomic mass is 9.85. The standard InChI is InChI=1S/C20H19BrFNO4/c1-13(14-2-6-16(21)7-3-14)23-11-10-20(12-18(24)25,27-19(23)26)15-4-8-17(22)9-5-15/h2-9,13H,10-12H2,1H3,(H,24,25). The Morgan fingerprint density at radius 1 is 1.26 bits per heavy atom. The molecule has 1 aliphatic rings. The van der Waals surface area contributed by atoms with Crippen LogP contribution in [0.25, 0.3) is 0 Å². The van der Waals surface area contributed by atoms with Crippen molar-refractivity contribution in [1.82, 2.24) is 4.90 Å². The highest BCUT2D eigenvalue weighted by Gasteiger charge is 2.45. The number of ether oxygens (including phenoxy) is 1. The van der Waals surface area contributed by atoms with E-state index >= 15 is 0 Å². The van der Waals surface area contributed by atoms with Crippen molar-refractivity contribution < 1.29 is 23.8 Å². The van der Waals surface area contributed by atoms with Gasteiger partial charge in [0.15, 0.2) is 5.60 Å². The minimum atomic E-state index is -1.30. The zero-order chi connectivity index (χ0) is 19.6. The Morgan fingerprint density at radius 3 is 2.44 bits per heavy atom. The van der Waals surface area contributed by atoms with E-state index in [0.29, 0.717) is 18.5 Å². The fraction of sp³-hybridized carbons (Fsp3) is 0.300. The van der Waals surface area contributed by atoms with Gasteiger partial charge >= 0.3 is 12.1 Å². The number of carboxylic acids is 1. The van der Waals surface area contributed by atoms with Crippen molar-refractivity contribution >= 4 is 28.0 Å². The van der Waals surface area contributed by atoms with E-state index in [1.165, 1.54) is 24.3 Å². The number of rotatable bonds is 5. The predicted octanol–water partition coefficient (Wildman–Crippen LogP) is 4.86. The molecule has 0 radical (unpaired) electrons. The SMILES string of the molecule is CC(c1ccc(Br)cc1)N1CCC(CC(=O)O)(c2ccc(F)cc2)OC1=O. The minimum absolute atomic E-state index is 0.221. The number of benzene rings is 2. The van der Waals surface area contributed by atoms with Crippen molar-refractivity contribution in [3.8, 4) is 0 Å². The molecule has 1 aliphatic heterocycles. The molecule has 0 saturated carbocycles. The van der Waals surface area contributed by atoms with E-state index < -0.39 is 23.5 Å². The lowest BCUT2D eigenvalue weighted by molar-refractivity contribution is -0.146. The van der Waals surface area contributed by atoms with Crippen LogP contribution in [0.5, 0.6) is 0 Å². The van der Waals surface area contributed by atoms with Crippen LogP contribution in [0.4, 0.5) is 9.18 Å². The summed E-state index contributed by atoms with van der Waals surface area (Å²) in [6.45, 7) is 2.23. The summed E-state index contributed by atoms with van der Waals surface area (Å²) < 4.78 is 19.9. The lowest BCUT2D eigenvalue weighted by Crippen LogP contribution is -2.49. The third kappa shape index (κ3) is 4.13. The van der Waals surface area contributed by atoms with Crippen LogP contribution in [0, 0.1) is 5.82 Å². The van der Waals surface area contributed by atoms with Gasteiger partial charge in [-0.25, -0.2) is 9.18 Å². The van der Waals surface area contributed by atoms with Crippen molar-refractivity contribution in [1.29, 1.82) is 0 Å². The largest absolute Gasteiger partial charge is 0.481 e. The Hall–Kier alpha value is -2.41. The maximum Gasteiger partial charge on any atom is 0.411 e. The number of hydrogen-bond donors (Lipinski definition) is 1. The predicted molar refractivity (Wildman–Crippen MR) is 101 cm³/mol. The molecule has 5 nitrogen and oxygen atoms in total. The van der Waals surface area contributed by atoms with E-state index in [1.54, 1.807) is 4.90 Å². The molecule has 142 valence electrons. The van der Waals surface area contributed by atoms with Gasteiger partial charge in [0, 0.05) is 17.4 Å². The first kappa shape index (κ1) is 19.4. The molecular weight excluding hydrogens is 417 g/mol. The Balaban J connectivity index is 1.85. The van der Waals surface area contributed by atoms with Crippen LogP contribution >= 0.6 is 15.9 Å². The molecule has 1 saturated heterocycles. The zero-order valence-corrected chi connectivity index (χ0v) is 16.3. The first-order valence-corrected chi connectivity index (χ1v) is 9.33. The van der Waals surface area contributed by atoms with E-state index in [-0.39, 0.29) is 12.5 Å². The van der Waals surface area contributed by atoms with Gasteiger partial charge in [-0.3, -0.25) is 4.79 Å². The number of hydrogen-bond acceptors (Lipinski definition) is 3. The summed E-state index contributed by atoms with van der Waals surface area (Å²) in [6, 6.07) is 12.8. The second-order valence-corrected chi connectivity index (χ2v) is 7.53. The molecule has 1 N–H and O–H groups in total. The number of halogens is 2. The Bertz CT molecular complexity index is 840. The van der Waals surface area contributed by atoms with Gasteiger partial charge in [0.2, 0.25) is 0 Å². The molecule has 2 aromatic carbocycles. The van der Waals surface area contributed by atoms with Crippen molar-refractivity contribution in [3.05, 3.63) is 69.9 Å². The molecule has 7 heteroatoms. The van der Waals surface area contributed by atoms with Gasteiger partial charge in [-0.1, -0.05) is 40.2 Å². The zero-order valence-electron chi connectivity index (χ0n) is 14.7. The number of carboxylic acid groups (broad SMARTS) is 1. The molecule has 0 aliphatic carbocycles. The minimum Gasteiger partial charge on any atom is -0.481 e. The highest BCUT2D eigenvalue weighted by molar-refractivity contribution is 9.10. The van der Waals surface area contributed by atoms with Crippen LogP contribution in [0.1, 0.15) is 36.9 Å². The monoisotopic (exact) mass is 435 g/mol. The van der Waals surface area contributed by atoms with Crippen LogP contribution < -0.4 is 0 Å². The molecule has 0 spiro atoms. The van der Waals surface area contributed by atoms with Gasteiger partial charge in [0.25, 0.3) is 0 Å². The number of carbonyl (C=O) groups excluding carboxylic acids is 1. The molecule has 3 rings (SSSR count). The molecule has 1 amide bonds. The van der Waals surface area contributed by atoms with Crippen LogP contribution in [0.15, 0.2) is 53.0 Å². The van der Waals surface area contributed by atoms with E-state index in [2.05, 4.69) is 15.9 Å². The lowest BCUT2D eigenvalue weighted by Gasteiger charge is -2.42. The highest BCUT2D eigenvalue weighted by Crippen LogP contribution is 2.39. The Labute approximate surface area is 164 Å². The van der Waals surface area contributed by atoms with Crippen molar-refractivity contribution in [2.75, 3.05) is 6.54 Å². The third-order valence-corrected chi connectivity index (χ3v) is 5.43. The normalized spacial score (nSPS) is 20.9. The van der Waals surface area contributed by atoms with Crippen LogP contribution in [0.3, 0.4) is 0 Å². The molecule has 1 fully saturated rings. The Kier molecular flexibility index (Phi) is 5.51. The van der Waals surface area contributed by atoms with Crippen LogP contribution in [-0.2, 0) is 15.1 Å². The fourth-order valence-electron chi connectivity index (χ4n) is 3.37.